The van der Waals surface area contributed by atoms with Crippen LogP contribution in [0.25, 0.3) is 0 Å². The van der Waals surface area contributed by atoms with E-state index < -0.39 is 6.10 Å². The van der Waals surface area contributed by atoms with Gasteiger partial charge in [-0.2, -0.15) is 5.26 Å². The number of hydrogen-bond acceptors (Lipinski definition) is 5. The fraction of sp³-hybridized carbons (Fsp3) is 0.222. The van der Waals surface area contributed by atoms with Gasteiger partial charge in [0, 0.05) is 12.1 Å². The maximum atomic E-state index is 12.0. The van der Waals surface area contributed by atoms with Crippen LogP contribution in [0.15, 0.2) is 42.5 Å². The number of fused-ring (bicyclic) bond motifs is 1. The molecular weight excluding hydrogens is 308 g/mol. The Balaban J connectivity index is 1.54. The zero-order chi connectivity index (χ0) is 16.9. The standard InChI is InChI=1S/C18H16N2O4/c19-10-12-2-1-3-14(8-12)18(22)20-7-6-15(21)13-4-5-16-17(9-13)24-11-23-16/h1-5,8-9,15,21H,6-7,11H2,(H,20,22). The van der Waals surface area contributed by atoms with Crippen LogP contribution in [0.3, 0.4) is 0 Å². The smallest absolute Gasteiger partial charge is 0.251 e. The molecule has 24 heavy (non-hydrogen) atoms. The maximum Gasteiger partial charge on any atom is 0.251 e. The van der Waals surface area contributed by atoms with E-state index in [1.54, 1.807) is 36.4 Å². The number of nitriles is 1. The molecule has 122 valence electrons. The third-order valence-electron chi connectivity index (χ3n) is 3.74. The van der Waals surface area contributed by atoms with E-state index in [0.717, 1.165) is 0 Å². The van der Waals surface area contributed by atoms with Crippen molar-refractivity contribution in [1.29, 1.82) is 5.26 Å². The monoisotopic (exact) mass is 324 g/mol. The van der Waals surface area contributed by atoms with Crippen LogP contribution in [0.4, 0.5) is 0 Å². The molecule has 1 atom stereocenters. The van der Waals surface area contributed by atoms with Crippen LogP contribution < -0.4 is 14.8 Å². The lowest BCUT2D eigenvalue weighted by molar-refractivity contribution is 0.0942. The van der Waals surface area contributed by atoms with E-state index in [1.807, 2.05) is 6.07 Å². The molecule has 0 radical (unpaired) electrons. The Morgan fingerprint density at radius 3 is 2.92 bits per heavy atom. The van der Waals surface area contributed by atoms with E-state index in [4.69, 9.17) is 14.7 Å². The van der Waals surface area contributed by atoms with Gasteiger partial charge in [-0.3, -0.25) is 4.79 Å². The first-order valence-corrected chi connectivity index (χ1v) is 7.53. The summed E-state index contributed by atoms with van der Waals surface area (Å²) in [5.74, 6) is 1.01. The lowest BCUT2D eigenvalue weighted by Gasteiger charge is -2.12. The number of carbonyl (C=O) groups is 1. The minimum Gasteiger partial charge on any atom is -0.454 e. The number of benzene rings is 2. The number of aliphatic hydroxyl groups excluding tert-OH is 1. The van der Waals surface area contributed by atoms with Crippen LogP contribution in [0, 0.1) is 11.3 Å². The molecule has 2 aromatic rings. The maximum absolute atomic E-state index is 12.0. The van der Waals surface area contributed by atoms with E-state index in [2.05, 4.69) is 5.32 Å². The van der Waals surface area contributed by atoms with E-state index in [1.165, 1.54) is 6.07 Å². The second kappa shape index (κ2) is 7.02. The average Bonchev–Trinajstić information content (AvgIpc) is 3.09. The molecule has 2 aromatic carbocycles. The van der Waals surface area contributed by atoms with Crippen molar-refractivity contribution >= 4 is 5.91 Å². The Hall–Kier alpha value is -3.04. The number of rotatable bonds is 5. The molecule has 1 heterocycles. The minimum atomic E-state index is -0.717. The number of carbonyl (C=O) groups excluding carboxylic acids is 1. The molecule has 6 nitrogen and oxygen atoms in total. The van der Waals surface area contributed by atoms with Crippen LogP contribution >= 0.6 is 0 Å². The van der Waals surface area contributed by atoms with Gasteiger partial charge in [0.1, 0.15) is 0 Å². The Kier molecular flexibility index (Phi) is 4.64. The van der Waals surface area contributed by atoms with E-state index in [0.29, 0.717) is 41.2 Å². The number of amides is 1. The Morgan fingerprint density at radius 1 is 1.25 bits per heavy atom. The molecule has 0 saturated carbocycles. The van der Waals surface area contributed by atoms with Gasteiger partial charge in [-0.15, -0.1) is 0 Å². The molecule has 6 heteroatoms. The highest BCUT2D eigenvalue weighted by Crippen LogP contribution is 2.34. The molecule has 0 aliphatic carbocycles. The fourth-order valence-corrected chi connectivity index (χ4v) is 2.44. The Labute approximate surface area is 139 Å². The van der Waals surface area contributed by atoms with Crippen molar-refractivity contribution < 1.29 is 19.4 Å². The number of aliphatic hydroxyl groups is 1. The molecule has 1 aliphatic rings. The summed E-state index contributed by atoms with van der Waals surface area (Å²) in [6.45, 7) is 0.498. The zero-order valence-electron chi connectivity index (χ0n) is 12.9. The molecule has 2 N–H and O–H groups in total. The van der Waals surface area contributed by atoms with Crippen LogP contribution in [-0.2, 0) is 0 Å². The topological polar surface area (TPSA) is 91.6 Å². The van der Waals surface area contributed by atoms with Crippen molar-refractivity contribution in [2.75, 3.05) is 13.3 Å². The normalized spacial score (nSPS) is 13.2. The molecular formula is C18H16N2O4. The van der Waals surface area contributed by atoms with E-state index in [-0.39, 0.29) is 12.7 Å². The summed E-state index contributed by atoms with van der Waals surface area (Å²) >= 11 is 0. The highest BCUT2D eigenvalue weighted by atomic mass is 16.7. The van der Waals surface area contributed by atoms with Gasteiger partial charge >= 0.3 is 0 Å². The molecule has 0 bridgehead atoms. The number of nitrogens with zero attached hydrogens (tertiary/aromatic N) is 1. The van der Waals surface area contributed by atoms with Crippen LogP contribution in [0.1, 0.15) is 34.0 Å². The number of ether oxygens (including phenoxy) is 2. The highest BCUT2D eigenvalue weighted by molar-refractivity contribution is 5.94. The third kappa shape index (κ3) is 3.47. The highest BCUT2D eigenvalue weighted by Gasteiger charge is 2.16. The summed E-state index contributed by atoms with van der Waals surface area (Å²) in [5.41, 5.74) is 1.56. The Morgan fingerprint density at radius 2 is 2.08 bits per heavy atom. The van der Waals surface area contributed by atoms with Crippen molar-refractivity contribution in [3.63, 3.8) is 0 Å². The second-order valence-corrected chi connectivity index (χ2v) is 5.37. The molecule has 1 amide bonds. The largest absolute Gasteiger partial charge is 0.454 e. The molecule has 3 rings (SSSR count). The first kappa shape index (κ1) is 15.8. The van der Waals surface area contributed by atoms with Gasteiger partial charge in [0.15, 0.2) is 11.5 Å². The van der Waals surface area contributed by atoms with Gasteiger partial charge < -0.3 is 19.9 Å². The predicted octanol–water partition coefficient (Wildman–Crippen LogP) is 2.14. The van der Waals surface area contributed by atoms with Crippen molar-refractivity contribution in [3.8, 4) is 17.6 Å². The molecule has 0 saturated heterocycles. The summed E-state index contributed by atoms with van der Waals surface area (Å²) in [7, 11) is 0. The van der Waals surface area contributed by atoms with E-state index in [9.17, 15) is 9.90 Å². The first-order valence-electron chi connectivity index (χ1n) is 7.53. The number of hydrogen-bond donors (Lipinski definition) is 2. The summed E-state index contributed by atoms with van der Waals surface area (Å²) < 4.78 is 10.5. The lowest BCUT2D eigenvalue weighted by Crippen LogP contribution is -2.25. The first-order chi connectivity index (χ1) is 11.7. The lowest BCUT2D eigenvalue weighted by atomic mass is 10.1. The van der Waals surface area contributed by atoms with Gasteiger partial charge in [0.25, 0.3) is 5.91 Å². The van der Waals surface area contributed by atoms with Crippen LogP contribution in [0.5, 0.6) is 11.5 Å². The fourth-order valence-electron chi connectivity index (χ4n) is 2.44. The SMILES string of the molecule is N#Cc1cccc(C(=O)NCCC(O)c2ccc3c(c2)OCO3)c1. The van der Waals surface area contributed by atoms with Crippen LogP contribution in [0.2, 0.25) is 0 Å². The van der Waals surface area contributed by atoms with Gasteiger partial charge in [-0.05, 0) is 42.3 Å². The molecule has 0 spiro atoms. The van der Waals surface area contributed by atoms with Gasteiger partial charge in [-0.25, -0.2) is 0 Å². The predicted molar refractivity (Wildman–Crippen MR) is 85.6 cm³/mol. The number of nitrogens with one attached hydrogen (secondary N) is 1. The minimum absolute atomic E-state index is 0.187. The van der Waals surface area contributed by atoms with Crippen molar-refractivity contribution in [2.45, 2.75) is 12.5 Å². The van der Waals surface area contributed by atoms with Crippen molar-refractivity contribution in [1.82, 2.24) is 5.32 Å². The molecule has 0 aromatic heterocycles. The van der Waals surface area contributed by atoms with Gasteiger partial charge in [0.05, 0.1) is 17.7 Å². The average molecular weight is 324 g/mol. The quantitative estimate of drug-likeness (QED) is 0.879. The molecule has 0 fully saturated rings. The van der Waals surface area contributed by atoms with Crippen molar-refractivity contribution in [3.05, 3.63) is 59.2 Å². The van der Waals surface area contributed by atoms with Crippen LogP contribution in [-0.4, -0.2) is 24.4 Å². The zero-order valence-corrected chi connectivity index (χ0v) is 12.9. The Bertz CT molecular complexity index is 798. The van der Waals surface area contributed by atoms with Crippen molar-refractivity contribution in [2.24, 2.45) is 0 Å². The molecule has 1 unspecified atom stereocenters. The van der Waals surface area contributed by atoms with E-state index >= 15 is 0 Å². The second-order valence-electron chi connectivity index (χ2n) is 5.37. The summed E-state index contributed by atoms with van der Waals surface area (Å²) in [5, 5.41) is 21.8. The summed E-state index contributed by atoms with van der Waals surface area (Å²) in [4.78, 5) is 12.0. The summed E-state index contributed by atoms with van der Waals surface area (Å²) in [6, 6.07) is 13.7. The third-order valence-corrected chi connectivity index (χ3v) is 3.74. The van der Waals surface area contributed by atoms with Gasteiger partial charge in [0.2, 0.25) is 6.79 Å². The van der Waals surface area contributed by atoms with Gasteiger partial charge in [-0.1, -0.05) is 12.1 Å². The summed E-state index contributed by atoms with van der Waals surface area (Å²) in [6.07, 6.45) is -0.353. The molecule has 1 aliphatic heterocycles.